The van der Waals surface area contributed by atoms with E-state index in [2.05, 4.69) is 18.8 Å². The Balaban J connectivity index is 2.23. The maximum absolute atomic E-state index is 5.71. The molecule has 4 nitrogen and oxygen atoms in total. The highest BCUT2D eigenvalue weighted by molar-refractivity contribution is 5.21. The van der Waals surface area contributed by atoms with Crippen LogP contribution in [0.2, 0.25) is 0 Å². The molecule has 0 saturated carbocycles. The minimum absolute atomic E-state index is 0.0431. The van der Waals surface area contributed by atoms with E-state index in [1.807, 2.05) is 19.1 Å². The average molecular weight is 238 g/mol. The van der Waals surface area contributed by atoms with Gasteiger partial charge in [-0.1, -0.05) is 13.8 Å². The quantitative estimate of drug-likeness (QED) is 0.739. The lowest BCUT2D eigenvalue weighted by Gasteiger charge is -2.09. The highest BCUT2D eigenvalue weighted by Crippen LogP contribution is 2.12. The first-order valence-electron chi connectivity index (χ1n) is 6.01. The summed E-state index contributed by atoms with van der Waals surface area (Å²) in [6.45, 7) is 8.07. The van der Waals surface area contributed by atoms with Crippen LogP contribution >= 0.6 is 0 Å². The van der Waals surface area contributed by atoms with Gasteiger partial charge in [0.15, 0.2) is 0 Å². The number of ether oxygens (including phenoxy) is 2. The van der Waals surface area contributed by atoms with Gasteiger partial charge in [-0.2, -0.15) is 0 Å². The van der Waals surface area contributed by atoms with Gasteiger partial charge in [0.1, 0.15) is 12.4 Å². The zero-order chi connectivity index (χ0) is 12.7. The summed E-state index contributed by atoms with van der Waals surface area (Å²) in [5, 5.41) is 0. The van der Waals surface area contributed by atoms with Gasteiger partial charge < -0.3 is 15.2 Å². The number of nitrogens with two attached hydrogens (primary N) is 1. The molecule has 2 N–H and O–H groups in total. The van der Waals surface area contributed by atoms with E-state index in [-0.39, 0.29) is 6.04 Å². The predicted octanol–water partition coefficient (Wildman–Crippen LogP) is 2.15. The minimum atomic E-state index is -0.0431. The molecule has 1 atom stereocenters. The standard InChI is InChI=1S/C13H22N2O2/c1-10(2)9-16-6-7-17-12-4-5-13(11(3)14)15-8-12/h4-5,8,10-11H,6-7,9,14H2,1-3H3/t11-/m0/s1. The smallest absolute Gasteiger partial charge is 0.137 e. The van der Waals surface area contributed by atoms with E-state index in [0.29, 0.717) is 19.1 Å². The Morgan fingerprint density at radius 3 is 2.53 bits per heavy atom. The highest BCUT2D eigenvalue weighted by atomic mass is 16.5. The summed E-state index contributed by atoms with van der Waals surface area (Å²) in [5.74, 6) is 1.31. The van der Waals surface area contributed by atoms with Crippen molar-refractivity contribution in [2.45, 2.75) is 26.8 Å². The summed E-state index contributed by atoms with van der Waals surface area (Å²) in [6, 6.07) is 3.72. The van der Waals surface area contributed by atoms with Crippen LogP contribution in [0.1, 0.15) is 32.5 Å². The normalized spacial score (nSPS) is 12.8. The minimum Gasteiger partial charge on any atom is -0.490 e. The van der Waals surface area contributed by atoms with Crippen LogP contribution in [0.25, 0.3) is 0 Å². The number of pyridine rings is 1. The van der Waals surface area contributed by atoms with Crippen molar-refractivity contribution in [2.24, 2.45) is 11.7 Å². The molecule has 0 bridgehead atoms. The molecule has 0 aliphatic heterocycles. The second-order valence-electron chi connectivity index (χ2n) is 4.52. The fourth-order valence-corrected chi connectivity index (χ4v) is 1.28. The van der Waals surface area contributed by atoms with Gasteiger partial charge in [0, 0.05) is 12.6 Å². The van der Waals surface area contributed by atoms with E-state index >= 15 is 0 Å². The van der Waals surface area contributed by atoms with E-state index in [4.69, 9.17) is 15.2 Å². The predicted molar refractivity (Wildman–Crippen MR) is 68.0 cm³/mol. The van der Waals surface area contributed by atoms with Crippen LogP contribution in [-0.2, 0) is 4.74 Å². The molecule has 0 aliphatic carbocycles. The summed E-state index contributed by atoms with van der Waals surface area (Å²) in [4.78, 5) is 4.21. The fraction of sp³-hybridized carbons (Fsp3) is 0.615. The van der Waals surface area contributed by atoms with Crippen molar-refractivity contribution in [2.75, 3.05) is 19.8 Å². The fourth-order valence-electron chi connectivity index (χ4n) is 1.28. The molecule has 0 spiro atoms. The molecule has 4 heteroatoms. The molecule has 1 aromatic heterocycles. The molecule has 17 heavy (non-hydrogen) atoms. The van der Waals surface area contributed by atoms with Crippen molar-refractivity contribution in [1.82, 2.24) is 4.98 Å². The third kappa shape index (κ3) is 5.65. The number of hydrogen-bond donors (Lipinski definition) is 1. The van der Waals surface area contributed by atoms with Crippen LogP contribution in [0.3, 0.4) is 0 Å². The molecule has 0 fully saturated rings. The first-order valence-corrected chi connectivity index (χ1v) is 6.01. The molecule has 96 valence electrons. The third-order valence-corrected chi connectivity index (χ3v) is 2.17. The Kier molecular flexibility index (Phi) is 5.94. The molecule has 0 saturated heterocycles. The molecule has 0 aliphatic rings. The zero-order valence-electron chi connectivity index (χ0n) is 10.8. The van der Waals surface area contributed by atoms with E-state index in [1.54, 1.807) is 6.20 Å². The second kappa shape index (κ2) is 7.25. The molecule has 1 aromatic rings. The van der Waals surface area contributed by atoms with Gasteiger partial charge in [0.2, 0.25) is 0 Å². The van der Waals surface area contributed by atoms with Gasteiger partial charge in [-0.15, -0.1) is 0 Å². The Morgan fingerprint density at radius 2 is 2.00 bits per heavy atom. The Bertz CT molecular complexity index is 310. The van der Waals surface area contributed by atoms with E-state index in [1.165, 1.54) is 0 Å². The van der Waals surface area contributed by atoms with Gasteiger partial charge in [-0.05, 0) is 25.0 Å². The molecular formula is C13H22N2O2. The average Bonchev–Trinajstić information content (AvgIpc) is 2.29. The second-order valence-corrected chi connectivity index (χ2v) is 4.52. The van der Waals surface area contributed by atoms with Crippen LogP contribution in [0.5, 0.6) is 5.75 Å². The molecule has 1 heterocycles. The first-order chi connectivity index (χ1) is 8.09. The van der Waals surface area contributed by atoms with E-state index < -0.39 is 0 Å². The topological polar surface area (TPSA) is 57.4 Å². The van der Waals surface area contributed by atoms with Crippen LogP contribution < -0.4 is 10.5 Å². The third-order valence-electron chi connectivity index (χ3n) is 2.17. The van der Waals surface area contributed by atoms with Crippen LogP contribution in [0, 0.1) is 5.92 Å². The molecular weight excluding hydrogens is 216 g/mol. The number of hydrogen-bond acceptors (Lipinski definition) is 4. The van der Waals surface area contributed by atoms with Gasteiger partial charge in [-0.25, -0.2) is 0 Å². The van der Waals surface area contributed by atoms with Gasteiger partial charge >= 0.3 is 0 Å². The van der Waals surface area contributed by atoms with Crippen LogP contribution in [0.15, 0.2) is 18.3 Å². The molecule has 0 radical (unpaired) electrons. The maximum Gasteiger partial charge on any atom is 0.137 e. The largest absolute Gasteiger partial charge is 0.490 e. The van der Waals surface area contributed by atoms with Gasteiger partial charge in [-0.3, -0.25) is 4.98 Å². The lowest BCUT2D eigenvalue weighted by atomic mass is 10.2. The number of nitrogens with zero attached hydrogens (tertiary/aromatic N) is 1. The lowest BCUT2D eigenvalue weighted by Crippen LogP contribution is -2.11. The summed E-state index contributed by atoms with van der Waals surface area (Å²) in [6.07, 6.45) is 1.70. The maximum atomic E-state index is 5.71. The van der Waals surface area contributed by atoms with Crippen LogP contribution in [-0.4, -0.2) is 24.8 Å². The molecule has 1 rings (SSSR count). The SMILES string of the molecule is CC(C)COCCOc1ccc([C@H](C)N)nc1. The van der Waals surface area contributed by atoms with Gasteiger partial charge in [0.25, 0.3) is 0 Å². The van der Waals surface area contributed by atoms with Crippen molar-refractivity contribution >= 4 is 0 Å². The van der Waals surface area contributed by atoms with Crippen molar-refractivity contribution in [3.8, 4) is 5.75 Å². The Morgan fingerprint density at radius 1 is 1.24 bits per heavy atom. The summed E-state index contributed by atoms with van der Waals surface area (Å²) >= 11 is 0. The van der Waals surface area contributed by atoms with Gasteiger partial charge in [0.05, 0.1) is 18.5 Å². The van der Waals surface area contributed by atoms with Crippen molar-refractivity contribution in [3.05, 3.63) is 24.0 Å². The van der Waals surface area contributed by atoms with Crippen molar-refractivity contribution < 1.29 is 9.47 Å². The monoisotopic (exact) mass is 238 g/mol. The van der Waals surface area contributed by atoms with Crippen LogP contribution in [0.4, 0.5) is 0 Å². The summed E-state index contributed by atoms with van der Waals surface area (Å²) in [5.41, 5.74) is 6.58. The number of aromatic nitrogens is 1. The Hall–Kier alpha value is -1.13. The molecule has 0 amide bonds. The zero-order valence-corrected chi connectivity index (χ0v) is 10.8. The summed E-state index contributed by atoms with van der Waals surface area (Å²) < 4.78 is 10.9. The lowest BCUT2D eigenvalue weighted by molar-refractivity contribution is 0.0818. The van der Waals surface area contributed by atoms with E-state index in [9.17, 15) is 0 Å². The molecule has 0 unspecified atom stereocenters. The van der Waals surface area contributed by atoms with E-state index in [0.717, 1.165) is 18.1 Å². The summed E-state index contributed by atoms with van der Waals surface area (Å²) in [7, 11) is 0. The van der Waals surface area contributed by atoms with Crippen molar-refractivity contribution in [1.29, 1.82) is 0 Å². The Labute approximate surface area is 103 Å². The van der Waals surface area contributed by atoms with Crippen molar-refractivity contribution in [3.63, 3.8) is 0 Å². The highest BCUT2D eigenvalue weighted by Gasteiger charge is 2.01. The molecule has 0 aromatic carbocycles. The number of rotatable bonds is 7. The first kappa shape index (κ1) is 13.9.